The summed E-state index contributed by atoms with van der Waals surface area (Å²) in [5.41, 5.74) is 6.12. The van der Waals surface area contributed by atoms with Gasteiger partial charge in [0.15, 0.2) is 11.6 Å². The molecule has 33 heavy (non-hydrogen) atoms. The van der Waals surface area contributed by atoms with E-state index in [2.05, 4.69) is 22.0 Å². The molecular formula is C22H18FN5O5. The number of fused-ring (bicyclic) bond motifs is 2. The number of halogens is 1. The fourth-order valence-corrected chi connectivity index (χ4v) is 3.61. The highest BCUT2D eigenvalue weighted by atomic mass is 19.1. The SMILES string of the molecule is COc1ccc2c(c1F)C(=O)N(CC(C#Cc1ccc3c(=O)[nH][nH]c3c1)C(=O)NC(N)=O)C2. The summed E-state index contributed by atoms with van der Waals surface area (Å²) in [6.07, 6.45) is 0. The number of methoxy groups -OCH3 is 1. The van der Waals surface area contributed by atoms with Crippen molar-refractivity contribution in [1.82, 2.24) is 20.4 Å². The predicted octanol–water partition coefficient (Wildman–Crippen LogP) is 0.822. The van der Waals surface area contributed by atoms with Crippen LogP contribution in [0.4, 0.5) is 9.18 Å². The van der Waals surface area contributed by atoms with Gasteiger partial charge in [-0.1, -0.05) is 17.9 Å². The largest absolute Gasteiger partial charge is 0.494 e. The Hall–Kier alpha value is -4.59. The lowest BCUT2D eigenvalue weighted by Crippen LogP contribution is -2.43. The van der Waals surface area contributed by atoms with Crippen LogP contribution in [0.3, 0.4) is 0 Å². The van der Waals surface area contributed by atoms with E-state index in [0.29, 0.717) is 22.0 Å². The second kappa shape index (κ2) is 8.51. The molecule has 0 fully saturated rings. The summed E-state index contributed by atoms with van der Waals surface area (Å²) < 4.78 is 19.5. The molecule has 4 rings (SSSR count). The van der Waals surface area contributed by atoms with Gasteiger partial charge >= 0.3 is 6.03 Å². The van der Waals surface area contributed by atoms with E-state index < -0.39 is 29.6 Å². The summed E-state index contributed by atoms with van der Waals surface area (Å²) in [5.74, 6) is 2.15. The van der Waals surface area contributed by atoms with Crippen molar-refractivity contribution in [1.29, 1.82) is 0 Å². The Labute approximate surface area is 185 Å². The number of nitrogens with two attached hydrogens (primary N) is 1. The van der Waals surface area contributed by atoms with Gasteiger partial charge in [0, 0.05) is 18.7 Å². The Morgan fingerprint density at radius 2 is 2.06 bits per heavy atom. The van der Waals surface area contributed by atoms with Gasteiger partial charge in [0.05, 0.1) is 23.6 Å². The highest BCUT2D eigenvalue weighted by Crippen LogP contribution is 2.31. The molecule has 0 spiro atoms. The normalized spacial score (nSPS) is 13.3. The molecule has 4 amide bonds. The van der Waals surface area contributed by atoms with Crippen LogP contribution >= 0.6 is 0 Å². The molecule has 1 aliphatic heterocycles. The van der Waals surface area contributed by atoms with Gasteiger partial charge in [0.1, 0.15) is 5.92 Å². The van der Waals surface area contributed by atoms with E-state index in [0.717, 1.165) is 0 Å². The number of carbonyl (C=O) groups excluding carboxylic acids is 3. The van der Waals surface area contributed by atoms with Crippen molar-refractivity contribution in [2.24, 2.45) is 11.7 Å². The third kappa shape index (κ3) is 4.14. The van der Waals surface area contributed by atoms with Crippen LogP contribution in [0.15, 0.2) is 35.1 Å². The fraction of sp³-hybridized carbons (Fsp3) is 0.182. The molecule has 1 atom stereocenters. The summed E-state index contributed by atoms with van der Waals surface area (Å²) in [6.45, 7) is -0.141. The molecule has 0 radical (unpaired) electrons. The molecule has 0 saturated heterocycles. The number of urea groups is 1. The molecular weight excluding hydrogens is 433 g/mol. The Balaban J connectivity index is 1.61. The first-order valence-electron chi connectivity index (χ1n) is 9.75. The smallest absolute Gasteiger partial charge is 0.318 e. The number of aromatic nitrogens is 2. The molecule has 168 valence electrons. The molecule has 0 saturated carbocycles. The minimum Gasteiger partial charge on any atom is -0.494 e. The number of benzene rings is 2. The van der Waals surface area contributed by atoms with Gasteiger partial charge in [-0.2, -0.15) is 0 Å². The Bertz CT molecular complexity index is 1410. The van der Waals surface area contributed by atoms with Crippen molar-refractivity contribution >= 4 is 28.7 Å². The zero-order valence-corrected chi connectivity index (χ0v) is 17.3. The number of aromatic amines is 2. The molecule has 11 heteroatoms. The molecule has 0 bridgehead atoms. The van der Waals surface area contributed by atoms with Crippen LogP contribution < -0.4 is 21.3 Å². The van der Waals surface area contributed by atoms with E-state index in [1.165, 1.54) is 18.1 Å². The quantitative estimate of drug-likeness (QED) is 0.433. The van der Waals surface area contributed by atoms with Gasteiger partial charge in [-0.05, 0) is 29.8 Å². The fourth-order valence-electron chi connectivity index (χ4n) is 3.61. The minimum atomic E-state index is -1.14. The second-order valence-electron chi connectivity index (χ2n) is 7.32. The Kier molecular flexibility index (Phi) is 5.58. The number of ether oxygens (including phenoxy) is 1. The maximum Gasteiger partial charge on any atom is 0.318 e. The standard InChI is InChI=1S/C22H18FN5O5/c1-33-16-7-5-12-9-28(21(31)17(12)18(16)23)10-13(19(29)25-22(24)32)4-2-11-3-6-14-15(8-11)26-27-20(14)30/h3,5-8,13H,9-10H2,1H3,(H2,26,27,30)(H3,24,25,29,32). The highest BCUT2D eigenvalue weighted by molar-refractivity contribution is 6.00. The summed E-state index contributed by atoms with van der Waals surface area (Å²) in [6, 6.07) is 6.71. The number of nitrogens with one attached hydrogen (secondary N) is 3. The first kappa shape index (κ1) is 21.6. The lowest BCUT2D eigenvalue weighted by Gasteiger charge is -2.19. The first-order valence-corrected chi connectivity index (χ1v) is 9.75. The molecule has 0 aliphatic carbocycles. The summed E-state index contributed by atoms with van der Waals surface area (Å²) in [7, 11) is 1.29. The average molecular weight is 451 g/mol. The van der Waals surface area contributed by atoms with Crippen molar-refractivity contribution in [3.63, 3.8) is 0 Å². The van der Waals surface area contributed by atoms with Crippen LogP contribution in [0.5, 0.6) is 5.75 Å². The molecule has 2 heterocycles. The van der Waals surface area contributed by atoms with E-state index in [9.17, 15) is 23.6 Å². The Morgan fingerprint density at radius 1 is 1.27 bits per heavy atom. The van der Waals surface area contributed by atoms with Crippen LogP contribution in [0, 0.1) is 23.6 Å². The number of primary amides is 1. The van der Waals surface area contributed by atoms with Gasteiger partial charge in [0.25, 0.3) is 11.5 Å². The summed E-state index contributed by atoms with van der Waals surface area (Å²) in [4.78, 5) is 49.4. The minimum absolute atomic E-state index is 0.0632. The molecule has 10 nitrogen and oxygen atoms in total. The number of nitrogens with zero attached hydrogens (tertiary/aromatic N) is 1. The van der Waals surface area contributed by atoms with Gasteiger partial charge in [0.2, 0.25) is 5.91 Å². The van der Waals surface area contributed by atoms with E-state index >= 15 is 0 Å². The number of carbonyl (C=O) groups is 3. The van der Waals surface area contributed by atoms with Crippen molar-refractivity contribution in [2.45, 2.75) is 6.54 Å². The van der Waals surface area contributed by atoms with Crippen LogP contribution in [-0.2, 0) is 11.3 Å². The van der Waals surface area contributed by atoms with Gasteiger partial charge < -0.3 is 15.4 Å². The first-order chi connectivity index (χ1) is 15.8. The number of hydrogen-bond acceptors (Lipinski definition) is 5. The average Bonchev–Trinajstić information content (AvgIpc) is 3.30. The third-order valence-electron chi connectivity index (χ3n) is 5.21. The van der Waals surface area contributed by atoms with Crippen LogP contribution in [0.2, 0.25) is 0 Å². The summed E-state index contributed by atoms with van der Waals surface area (Å²) >= 11 is 0. The molecule has 5 N–H and O–H groups in total. The van der Waals surface area contributed by atoms with Crippen LogP contribution in [0.1, 0.15) is 21.5 Å². The third-order valence-corrected chi connectivity index (χ3v) is 5.21. The number of H-pyrrole nitrogens is 2. The zero-order valence-electron chi connectivity index (χ0n) is 17.3. The van der Waals surface area contributed by atoms with E-state index in [-0.39, 0.29) is 30.0 Å². The highest BCUT2D eigenvalue weighted by Gasteiger charge is 2.34. The van der Waals surface area contributed by atoms with E-state index in [4.69, 9.17) is 10.5 Å². The Morgan fingerprint density at radius 3 is 2.79 bits per heavy atom. The maximum atomic E-state index is 14.6. The van der Waals surface area contributed by atoms with Crippen molar-refractivity contribution in [3.05, 3.63) is 63.2 Å². The van der Waals surface area contributed by atoms with Crippen molar-refractivity contribution < 1.29 is 23.5 Å². The van der Waals surface area contributed by atoms with Gasteiger partial charge in [-0.25, -0.2) is 9.18 Å². The number of hydrogen-bond donors (Lipinski definition) is 4. The van der Waals surface area contributed by atoms with Crippen LogP contribution in [-0.4, -0.2) is 46.6 Å². The van der Waals surface area contributed by atoms with E-state index in [1.54, 1.807) is 24.3 Å². The maximum absolute atomic E-state index is 14.6. The molecule has 3 aromatic rings. The lowest BCUT2D eigenvalue weighted by molar-refractivity contribution is -0.122. The van der Waals surface area contributed by atoms with Crippen LogP contribution in [0.25, 0.3) is 10.9 Å². The molecule has 2 aromatic carbocycles. The second-order valence-corrected chi connectivity index (χ2v) is 7.32. The number of rotatable bonds is 4. The lowest BCUT2D eigenvalue weighted by atomic mass is 10.1. The number of amides is 4. The molecule has 1 aromatic heterocycles. The van der Waals surface area contributed by atoms with Gasteiger partial charge in [-0.15, -0.1) is 0 Å². The monoisotopic (exact) mass is 451 g/mol. The van der Waals surface area contributed by atoms with Crippen molar-refractivity contribution in [2.75, 3.05) is 13.7 Å². The summed E-state index contributed by atoms with van der Waals surface area (Å²) in [5, 5.41) is 7.58. The van der Waals surface area contributed by atoms with E-state index in [1.807, 2.05) is 5.32 Å². The van der Waals surface area contributed by atoms with Gasteiger partial charge in [-0.3, -0.25) is 29.9 Å². The molecule has 1 aliphatic rings. The topological polar surface area (TPSA) is 150 Å². The predicted molar refractivity (Wildman–Crippen MR) is 115 cm³/mol. The number of imide groups is 1. The zero-order chi connectivity index (χ0) is 23.7. The molecule has 1 unspecified atom stereocenters. The van der Waals surface area contributed by atoms with Crippen molar-refractivity contribution in [3.8, 4) is 17.6 Å².